The lowest BCUT2D eigenvalue weighted by atomic mass is 10.1. The van der Waals surface area contributed by atoms with E-state index < -0.39 is 5.97 Å². The Kier molecular flexibility index (Phi) is 3.43. The Labute approximate surface area is 141 Å². The minimum absolute atomic E-state index is 0.133. The van der Waals surface area contributed by atoms with Crippen molar-refractivity contribution < 1.29 is 15.0 Å². The second-order valence-electron chi connectivity index (χ2n) is 5.42. The zero-order valence-corrected chi connectivity index (χ0v) is 13.3. The number of benzene rings is 3. The van der Waals surface area contributed by atoms with E-state index in [0.29, 0.717) is 9.79 Å². The summed E-state index contributed by atoms with van der Waals surface area (Å²) in [4.78, 5) is 15.8. The van der Waals surface area contributed by atoms with Gasteiger partial charge in [0.05, 0.1) is 9.79 Å². The van der Waals surface area contributed by atoms with Crippen molar-refractivity contribution in [3.63, 3.8) is 0 Å². The Morgan fingerprint density at radius 2 is 1.58 bits per heavy atom. The number of hydrogen-bond donors (Lipinski definition) is 3. The molecule has 0 saturated heterocycles. The number of phenolic OH excluding ortho intramolecular Hbond substituents is 1. The first-order valence-corrected chi connectivity index (χ1v) is 8.19. The molecule has 0 aliphatic heterocycles. The molecule has 0 saturated carbocycles. The van der Waals surface area contributed by atoms with Gasteiger partial charge in [0, 0.05) is 10.9 Å². The number of nitrogens with one attached hydrogen (secondary N) is 1. The molecule has 0 spiro atoms. The van der Waals surface area contributed by atoms with Crippen molar-refractivity contribution in [3.05, 3.63) is 66.4 Å². The van der Waals surface area contributed by atoms with Gasteiger partial charge in [0.25, 0.3) is 0 Å². The number of H-pyrrole nitrogens is 1. The van der Waals surface area contributed by atoms with E-state index in [4.69, 9.17) is 0 Å². The van der Waals surface area contributed by atoms with Crippen molar-refractivity contribution in [2.45, 2.75) is 9.79 Å². The maximum Gasteiger partial charge on any atom is 0.353 e. The van der Waals surface area contributed by atoms with Gasteiger partial charge in [-0.05, 0) is 22.9 Å². The standard InChI is InChI=1S/C19H13NO3S/c21-15-10-9-11-5-1-2-6-12(11)17(15)24-18-13-7-3-4-8-14(13)20-16(18)19(22)23/h1-10,20-21H,(H,22,23). The van der Waals surface area contributed by atoms with Crippen LogP contribution in [-0.2, 0) is 0 Å². The Bertz CT molecular complexity index is 1080. The number of carbonyl (C=O) groups is 1. The maximum atomic E-state index is 11.6. The van der Waals surface area contributed by atoms with Gasteiger partial charge in [-0.25, -0.2) is 4.79 Å². The van der Waals surface area contributed by atoms with Crippen LogP contribution in [0.1, 0.15) is 10.5 Å². The first-order chi connectivity index (χ1) is 11.6. The van der Waals surface area contributed by atoms with E-state index in [-0.39, 0.29) is 11.4 Å². The summed E-state index contributed by atoms with van der Waals surface area (Å²) in [6.07, 6.45) is 0. The van der Waals surface area contributed by atoms with Gasteiger partial charge < -0.3 is 15.2 Å². The van der Waals surface area contributed by atoms with Gasteiger partial charge in [-0.15, -0.1) is 0 Å². The zero-order valence-electron chi connectivity index (χ0n) is 12.5. The molecule has 0 fully saturated rings. The Morgan fingerprint density at radius 3 is 2.38 bits per heavy atom. The second-order valence-corrected chi connectivity index (χ2v) is 6.44. The van der Waals surface area contributed by atoms with E-state index >= 15 is 0 Å². The average Bonchev–Trinajstić information content (AvgIpc) is 2.96. The van der Waals surface area contributed by atoms with Crippen molar-refractivity contribution in [1.82, 2.24) is 4.98 Å². The number of fused-ring (bicyclic) bond motifs is 2. The molecular weight excluding hydrogens is 322 g/mol. The number of aromatic amines is 1. The molecule has 1 heterocycles. The first-order valence-electron chi connectivity index (χ1n) is 7.37. The van der Waals surface area contributed by atoms with Gasteiger partial charge in [-0.3, -0.25) is 0 Å². The quantitative estimate of drug-likeness (QED) is 0.499. The highest BCUT2D eigenvalue weighted by Gasteiger charge is 2.20. The fraction of sp³-hybridized carbons (Fsp3) is 0. The van der Waals surface area contributed by atoms with Crippen LogP contribution in [-0.4, -0.2) is 21.2 Å². The molecule has 4 rings (SSSR count). The highest BCUT2D eigenvalue weighted by atomic mass is 32.2. The third-order valence-electron chi connectivity index (χ3n) is 3.94. The van der Waals surface area contributed by atoms with Crippen LogP contribution >= 0.6 is 11.8 Å². The summed E-state index contributed by atoms with van der Waals surface area (Å²) in [5.74, 6) is -0.881. The molecule has 0 aliphatic rings. The van der Waals surface area contributed by atoms with Crippen LogP contribution < -0.4 is 0 Å². The SMILES string of the molecule is O=C(O)c1[nH]c2ccccc2c1Sc1c(O)ccc2ccccc12. The molecule has 0 aliphatic carbocycles. The average molecular weight is 335 g/mol. The van der Waals surface area contributed by atoms with E-state index in [0.717, 1.165) is 21.7 Å². The molecule has 4 aromatic rings. The molecule has 0 amide bonds. The Morgan fingerprint density at radius 1 is 0.875 bits per heavy atom. The Hall–Kier alpha value is -2.92. The van der Waals surface area contributed by atoms with Crippen LogP contribution in [0.4, 0.5) is 0 Å². The number of para-hydroxylation sites is 1. The molecule has 0 radical (unpaired) electrons. The molecule has 0 atom stereocenters. The molecule has 3 N–H and O–H groups in total. The lowest BCUT2D eigenvalue weighted by Crippen LogP contribution is -1.98. The minimum atomic E-state index is -1.02. The zero-order chi connectivity index (χ0) is 16.7. The lowest BCUT2D eigenvalue weighted by molar-refractivity contribution is 0.0687. The number of phenols is 1. The summed E-state index contributed by atoms with van der Waals surface area (Å²) in [6, 6.07) is 18.7. The van der Waals surface area contributed by atoms with Gasteiger partial charge >= 0.3 is 5.97 Å². The second kappa shape index (κ2) is 5.62. The fourth-order valence-electron chi connectivity index (χ4n) is 2.81. The van der Waals surface area contributed by atoms with Gasteiger partial charge in [0.2, 0.25) is 0 Å². The van der Waals surface area contributed by atoms with Gasteiger partial charge in [0.1, 0.15) is 11.4 Å². The monoisotopic (exact) mass is 335 g/mol. The molecule has 24 heavy (non-hydrogen) atoms. The minimum Gasteiger partial charge on any atom is -0.507 e. The topological polar surface area (TPSA) is 73.3 Å². The number of carboxylic acid groups (broad SMARTS) is 1. The van der Waals surface area contributed by atoms with Crippen molar-refractivity contribution in [1.29, 1.82) is 0 Å². The normalized spacial score (nSPS) is 11.2. The number of aromatic carboxylic acids is 1. The summed E-state index contributed by atoms with van der Waals surface area (Å²) in [5.41, 5.74) is 0.894. The molecule has 0 unspecified atom stereocenters. The number of rotatable bonds is 3. The largest absolute Gasteiger partial charge is 0.507 e. The summed E-state index contributed by atoms with van der Waals surface area (Å²) >= 11 is 1.27. The Balaban J connectivity index is 1.96. The van der Waals surface area contributed by atoms with Crippen molar-refractivity contribution in [2.75, 3.05) is 0 Å². The highest BCUT2D eigenvalue weighted by molar-refractivity contribution is 8.00. The number of aromatic hydroxyl groups is 1. The van der Waals surface area contributed by atoms with Crippen LogP contribution in [0, 0.1) is 0 Å². The van der Waals surface area contributed by atoms with Crippen LogP contribution in [0.2, 0.25) is 0 Å². The number of aromatic nitrogens is 1. The molecule has 118 valence electrons. The molecule has 3 aromatic carbocycles. The van der Waals surface area contributed by atoms with E-state index in [1.807, 2.05) is 54.6 Å². The molecule has 0 bridgehead atoms. The van der Waals surface area contributed by atoms with Gasteiger partial charge in [-0.2, -0.15) is 0 Å². The molecule has 5 heteroatoms. The lowest BCUT2D eigenvalue weighted by Gasteiger charge is -2.09. The van der Waals surface area contributed by atoms with E-state index in [1.165, 1.54) is 11.8 Å². The first kappa shape index (κ1) is 14.7. The maximum absolute atomic E-state index is 11.6. The van der Waals surface area contributed by atoms with Crippen molar-refractivity contribution in [2.24, 2.45) is 0 Å². The van der Waals surface area contributed by atoms with Crippen LogP contribution in [0.25, 0.3) is 21.7 Å². The summed E-state index contributed by atoms with van der Waals surface area (Å²) in [6.45, 7) is 0. The van der Waals surface area contributed by atoms with Crippen LogP contribution in [0.3, 0.4) is 0 Å². The van der Waals surface area contributed by atoms with Crippen molar-refractivity contribution in [3.8, 4) is 5.75 Å². The highest BCUT2D eigenvalue weighted by Crippen LogP contribution is 2.43. The smallest absolute Gasteiger partial charge is 0.353 e. The third-order valence-corrected chi connectivity index (χ3v) is 5.20. The van der Waals surface area contributed by atoms with Crippen LogP contribution in [0.15, 0.2) is 70.5 Å². The summed E-state index contributed by atoms with van der Waals surface area (Å²) in [7, 11) is 0. The van der Waals surface area contributed by atoms with Gasteiger partial charge in [0.15, 0.2) is 0 Å². The molecular formula is C19H13NO3S. The van der Waals surface area contributed by atoms with Gasteiger partial charge in [-0.1, -0.05) is 60.3 Å². The third kappa shape index (κ3) is 2.30. The summed E-state index contributed by atoms with van der Waals surface area (Å²) < 4.78 is 0. The molecule has 4 nitrogen and oxygen atoms in total. The fourth-order valence-corrected chi connectivity index (χ4v) is 4.01. The number of hydrogen-bond acceptors (Lipinski definition) is 3. The van der Waals surface area contributed by atoms with E-state index in [2.05, 4.69) is 4.98 Å². The van der Waals surface area contributed by atoms with Crippen molar-refractivity contribution >= 4 is 39.4 Å². The molecule has 1 aromatic heterocycles. The van der Waals surface area contributed by atoms with E-state index in [1.54, 1.807) is 6.07 Å². The predicted octanol–water partition coefficient (Wildman–Crippen LogP) is 4.88. The van der Waals surface area contributed by atoms with E-state index in [9.17, 15) is 15.0 Å². The summed E-state index contributed by atoms with van der Waals surface area (Å²) in [5, 5.41) is 22.6. The van der Waals surface area contributed by atoms with Crippen LogP contribution in [0.5, 0.6) is 5.75 Å². The number of carboxylic acids is 1. The predicted molar refractivity (Wildman–Crippen MR) is 95.0 cm³/mol.